The van der Waals surface area contributed by atoms with Crippen LogP contribution < -0.4 is 0 Å². The van der Waals surface area contributed by atoms with Gasteiger partial charge in [-0.2, -0.15) is 0 Å². The van der Waals surface area contributed by atoms with E-state index < -0.39 is 0 Å². The summed E-state index contributed by atoms with van der Waals surface area (Å²) in [5.74, 6) is 0. The summed E-state index contributed by atoms with van der Waals surface area (Å²) in [7, 11) is 1.88. The topological polar surface area (TPSA) is 15.6 Å². The first-order valence-corrected chi connectivity index (χ1v) is 3.72. The van der Waals surface area contributed by atoms with E-state index >= 15 is 0 Å². The summed E-state index contributed by atoms with van der Waals surface area (Å²) in [4.78, 5) is 5.75. The molecule has 10 heavy (non-hydrogen) atoms. The molecule has 0 saturated heterocycles. The van der Waals surface area contributed by atoms with Crippen LogP contribution in [0.5, 0.6) is 0 Å². The molecule has 2 nitrogen and oxygen atoms in total. The number of allylic oxidation sites excluding steroid dienone is 1. The number of rotatable bonds is 0. The highest BCUT2D eigenvalue weighted by molar-refractivity contribution is 6.32. The zero-order chi connectivity index (χ0) is 7.72. The average molecular weight is 179 g/mol. The number of alkyl halides is 1. The molecule has 1 atom stereocenters. The SMILES string of the molecule is CC1=C(Cl)N=CC(Cl)N1C. The molecule has 1 unspecified atom stereocenters. The lowest BCUT2D eigenvalue weighted by atomic mass is 10.4. The first-order valence-electron chi connectivity index (χ1n) is 2.90. The molecule has 0 radical (unpaired) electrons. The Morgan fingerprint density at radius 1 is 1.70 bits per heavy atom. The average Bonchev–Trinajstić information content (AvgIpc) is 1.93. The molecule has 0 fully saturated rings. The number of aliphatic imine (C=N–C) groups is 1. The Kier molecular flexibility index (Phi) is 2.21. The minimum atomic E-state index is -0.164. The minimum Gasteiger partial charge on any atom is -0.355 e. The molecule has 1 heterocycles. The molecular weight excluding hydrogens is 171 g/mol. The zero-order valence-electron chi connectivity index (χ0n) is 5.81. The molecule has 1 aliphatic rings. The summed E-state index contributed by atoms with van der Waals surface area (Å²) >= 11 is 11.5. The zero-order valence-corrected chi connectivity index (χ0v) is 7.32. The number of nitrogens with zero attached hydrogens (tertiary/aromatic N) is 2. The van der Waals surface area contributed by atoms with Crippen LogP contribution in [0.4, 0.5) is 0 Å². The van der Waals surface area contributed by atoms with Gasteiger partial charge >= 0.3 is 0 Å². The molecule has 4 heteroatoms. The van der Waals surface area contributed by atoms with Gasteiger partial charge in [-0.05, 0) is 6.92 Å². The van der Waals surface area contributed by atoms with Crippen molar-refractivity contribution in [3.8, 4) is 0 Å². The maximum absolute atomic E-state index is 5.81. The normalized spacial score (nSPS) is 26.0. The van der Waals surface area contributed by atoms with E-state index in [9.17, 15) is 0 Å². The fraction of sp³-hybridized carbons (Fsp3) is 0.500. The van der Waals surface area contributed by atoms with E-state index in [0.29, 0.717) is 5.16 Å². The van der Waals surface area contributed by atoms with Crippen LogP contribution in [0.1, 0.15) is 6.92 Å². The molecule has 0 aromatic heterocycles. The van der Waals surface area contributed by atoms with Gasteiger partial charge in [0.05, 0.1) is 0 Å². The molecule has 0 spiro atoms. The summed E-state index contributed by atoms with van der Waals surface area (Å²) < 4.78 is 0. The van der Waals surface area contributed by atoms with Crippen LogP contribution in [0.3, 0.4) is 0 Å². The van der Waals surface area contributed by atoms with Crippen molar-refractivity contribution in [1.82, 2.24) is 4.90 Å². The Balaban J connectivity index is 2.88. The molecular formula is C6H8Cl2N2. The van der Waals surface area contributed by atoms with Crippen molar-refractivity contribution in [2.45, 2.75) is 12.4 Å². The van der Waals surface area contributed by atoms with E-state index in [1.807, 2.05) is 18.9 Å². The van der Waals surface area contributed by atoms with Gasteiger partial charge in [0.15, 0.2) is 0 Å². The fourth-order valence-corrected chi connectivity index (χ4v) is 1.04. The number of halogens is 2. The molecule has 1 rings (SSSR count). The highest BCUT2D eigenvalue weighted by Crippen LogP contribution is 2.20. The lowest BCUT2D eigenvalue weighted by molar-refractivity contribution is 0.441. The Morgan fingerprint density at radius 2 is 2.30 bits per heavy atom. The first kappa shape index (κ1) is 7.89. The molecule has 0 saturated carbocycles. The Labute approximate surface area is 70.1 Å². The third-order valence-electron chi connectivity index (χ3n) is 1.51. The van der Waals surface area contributed by atoms with Crippen molar-refractivity contribution in [2.75, 3.05) is 7.05 Å². The highest BCUT2D eigenvalue weighted by Gasteiger charge is 2.15. The van der Waals surface area contributed by atoms with Gasteiger partial charge in [-0.25, -0.2) is 4.99 Å². The number of hydrogen-bond acceptors (Lipinski definition) is 2. The summed E-state index contributed by atoms with van der Waals surface area (Å²) in [6.07, 6.45) is 1.61. The van der Waals surface area contributed by atoms with Crippen LogP contribution in [0.25, 0.3) is 0 Å². The quantitative estimate of drug-likeness (QED) is 0.410. The van der Waals surface area contributed by atoms with Crippen molar-refractivity contribution < 1.29 is 0 Å². The van der Waals surface area contributed by atoms with Crippen LogP contribution in [0, 0.1) is 0 Å². The predicted octanol–water partition coefficient (Wildman–Crippen LogP) is 2.00. The molecule has 56 valence electrons. The maximum Gasteiger partial charge on any atom is 0.147 e. The Bertz CT molecular complexity index is 198. The highest BCUT2D eigenvalue weighted by atomic mass is 35.5. The Hall–Kier alpha value is -0.210. The van der Waals surface area contributed by atoms with E-state index in [-0.39, 0.29) is 5.50 Å². The van der Waals surface area contributed by atoms with E-state index in [1.165, 1.54) is 0 Å². The van der Waals surface area contributed by atoms with Crippen molar-refractivity contribution >= 4 is 29.4 Å². The van der Waals surface area contributed by atoms with Gasteiger partial charge in [-0.3, -0.25) is 0 Å². The van der Waals surface area contributed by atoms with Crippen LogP contribution in [0.15, 0.2) is 15.8 Å². The lowest BCUT2D eigenvalue weighted by Gasteiger charge is -2.25. The van der Waals surface area contributed by atoms with Gasteiger partial charge in [0.1, 0.15) is 10.7 Å². The molecule has 1 aliphatic heterocycles. The monoisotopic (exact) mass is 178 g/mol. The van der Waals surface area contributed by atoms with Crippen LogP contribution in [0.2, 0.25) is 0 Å². The van der Waals surface area contributed by atoms with E-state index in [4.69, 9.17) is 23.2 Å². The summed E-state index contributed by atoms with van der Waals surface area (Å²) in [5.41, 5.74) is 0.742. The third kappa shape index (κ3) is 1.27. The second kappa shape index (κ2) is 2.81. The van der Waals surface area contributed by atoms with Crippen molar-refractivity contribution in [3.63, 3.8) is 0 Å². The van der Waals surface area contributed by atoms with Crippen molar-refractivity contribution in [1.29, 1.82) is 0 Å². The van der Waals surface area contributed by atoms with E-state index in [1.54, 1.807) is 6.21 Å². The van der Waals surface area contributed by atoms with Gasteiger partial charge in [0.25, 0.3) is 0 Å². The van der Waals surface area contributed by atoms with Gasteiger partial charge in [0, 0.05) is 19.0 Å². The van der Waals surface area contributed by atoms with E-state index in [0.717, 1.165) is 5.70 Å². The van der Waals surface area contributed by atoms with Crippen LogP contribution >= 0.6 is 23.2 Å². The van der Waals surface area contributed by atoms with Gasteiger partial charge in [0.2, 0.25) is 0 Å². The fourth-order valence-electron chi connectivity index (χ4n) is 0.651. The standard InChI is InChI=1S/C6H8Cl2N2/c1-4-6(8)9-3-5(7)10(4)2/h3,5H,1-2H3. The molecule has 0 N–H and O–H groups in total. The van der Waals surface area contributed by atoms with E-state index in [2.05, 4.69) is 4.99 Å². The van der Waals surface area contributed by atoms with Crippen molar-refractivity contribution in [3.05, 3.63) is 10.9 Å². The summed E-state index contributed by atoms with van der Waals surface area (Å²) in [6, 6.07) is 0. The number of hydrogen-bond donors (Lipinski definition) is 0. The second-order valence-corrected chi connectivity index (χ2v) is 2.94. The smallest absolute Gasteiger partial charge is 0.147 e. The molecule has 0 aliphatic carbocycles. The largest absolute Gasteiger partial charge is 0.355 e. The Morgan fingerprint density at radius 3 is 2.80 bits per heavy atom. The van der Waals surface area contributed by atoms with Crippen LogP contribution in [-0.4, -0.2) is 23.7 Å². The minimum absolute atomic E-state index is 0.164. The van der Waals surface area contributed by atoms with Crippen LogP contribution in [-0.2, 0) is 0 Å². The molecule has 0 aromatic carbocycles. The lowest BCUT2D eigenvalue weighted by Crippen LogP contribution is -2.29. The van der Waals surface area contributed by atoms with Gasteiger partial charge < -0.3 is 4.90 Å². The predicted molar refractivity (Wildman–Crippen MR) is 44.4 cm³/mol. The maximum atomic E-state index is 5.81. The third-order valence-corrected chi connectivity index (χ3v) is 2.29. The summed E-state index contributed by atoms with van der Waals surface area (Å²) in [5, 5.41) is 0.513. The summed E-state index contributed by atoms with van der Waals surface area (Å²) in [6.45, 7) is 1.88. The molecule has 0 bridgehead atoms. The molecule has 0 amide bonds. The van der Waals surface area contributed by atoms with Gasteiger partial charge in [-0.1, -0.05) is 23.2 Å². The molecule has 0 aromatic rings. The van der Waals surface area contributed by atoms with Crippen molar-refractivity contribution in [2.24, 2.45) is 4.99 Å². The second-order valence-electron chi connectivity index (χ2n) is 2.14. The van der Waals surface area contributed by atoms with Gasteiger partial charge in [-0.15, -0.1) is 0 Å². The first-order chi connectivity index (χ1) is 4.63.